The fourth-order valence-corrected chi connectivity index (χ4v) is 17.9. The van der Waals surface area contributed by atoms with Crippen LogP contribution < -0.4 is 31.4 Å². The molecule has 562 valence electrons. The molecule has 1 unspecified atom stereocenters. The molecule has 5 aliphatic rings. The van der Waals surface area contributed by atoms with Crippen LogP contribution in [0.3, 0.4) is 0 Å². The molecule has 3 saturated carbocycles. The number of aliphatic hydroxyl groups excluding tert-OH is 3. The topological polar surface area (TPSA) is 448 Å². The van der Waals surface area contributed by atoms with Gasteiger partial charge in [0.15, 0.2) is 0 Å². The zero-order valence-electron chi connectivity index (χ0n) is 57.2. The number of ketones is 3. The molecule has 9 aromatic rings. The van der Waals surface area contributed by atoms with Gasteiger partial charge in [-0.25, -0.2) is 45.3 Å². The molecule has 14 rings (SSSR count). The van der Waals surface area contributed by atoms with E-state index in [2.05, 4.69) is 87.2 Å². The van der Waals surface area contributed by atoms with Crippen molar-refractivity contribution in [3.05, 3.63) is 204 Å². The SMILES string of the molecule is NS(=O)(=O)OC[C@H]1C[C@@H](Nc2ncncc2C(=O)c2cc(C3(C4=CCCCC4)CCCO3)cs2)C[C@@H]1O.NS(=O)(=O)OC[C@H]1C[C@@H](Nc2ncncc2C(=O)c2cc(Cc3ccccc3)cs2)C[C@@H]1O.NS(=O)(=O)OC[C@H]1C[C@@H](Nc2ncncc2C(=O)c2cc(Cn3ccc4ccccc43)cs2)C[C@@H]1O. The van der Waals surface area contributed by atoms with Crippen LogP contribution in [0.2, 0.25) is 0 Å². The molecule has 4 fully saturated rings. The first-order chi connectivity index (χ1) is 50.8. The minimum Gasteiger partial charge on any atom is -0.393 e. The van der Waals surface area contributed by atoms with Gasteiger partial charge in [-0.1, -0.05) is 54.6 Å². The number of para-hydroxylation sites is 1. The van der Waals surface area contributed by atoms with Gasteiger partial charge < -0.3 is 40.6 Å². The standard InChI is InChI=1S/C25H32N4O6S2.C24H25N5O5S2.C22H24N4O5S2/c26-37(32,33)35-13-16-9-19(11-21(16)30)29-24-20(12-27-15-28-24)23(31)22-10-18(14-36-22)25(7-4-8-34-25)17-5-2-1-3-6-17;25-36(32,33)34-12-17-8-18(9-21(17)30)28-24-19(10-26-14-27-24)23(31)22-7-15(13-35-22)11-29-6-5-16-3-1-2-4-20(16)29;23-33(29,30)31-11-16-8-17(9-19(16)27)26-22-18(10-24-13-25-22)21(28)20-7-15(12-32-20)6-14-4-2-1-3-5-14/h5,10,12,14-16,19,21,30H,1-4,6-9,11,13H2,(H2,26,32,33)(H,27,28,29);1-7,10,13-14,17-18,21,30H,8-9,11-12H2,(H2,25,32,33)(H,26,27,28);1-5,7,10,12-13,16-17,19,27H,6,8-9,11H2,(H2,23,29,30)(H,24,25,26)/t16-,19-,21+,25?;17-,18-,21+;16-,17-,19+/m111/s1. The number of carbonyl (C=O) groups is 3. The van der Waals surface area contributed by atoms with E-state index in [0.717, 1.165) is 66.1 Å². The average Bonchev–Trinajstić information content (AvgIpc) is 1.57. The van der Waals surface area contributed by atoms with Gasteiger partial charge in [-0.3, -0.25) is 26.9 Å². The van der Waals surface area contributed by atoms with Crippen molar-refractivity contribution in [1.29, 1.82) is 0 Å². The van der Waals surface area contributed by atoms with Crippen LogP contribution in [0.5, 0.6) is 0 Å². The van der Waals surface area contributed by atoms with Crippen LogP contribution in [-0.2, 0) is 66.8 Å². The summed E-state index contributed by atoms with van der Waals surface area (Å²) >= 11 is 4.14. The lowest BCUT2D eigenvalue weighted by Gasteiger charge is -2.33. The fourth-order valence-electron chi connectivity index (χ4n) is 14.2. The molecule has 10 atom stereocenters. The Hall–Kier alpha value is -8.08. The van der Waals surface area contributed by atoms with Crippen LogP contribution >= 0.6 is 34.0 Å². The van der Waals surface area contributed by atoms with E-state index < -0.39 is 72.6 Å². The number of rotatable bonds is 27. The summed E-state index contributed by atoms with van der Waals surface area (Å²) in [5, 5.41) is 62.4. The summed E-state index contributed by atoms with van der Waals surface area (Å²) in [4.78, 5) is 66.8. The van der Waals surface area contributed by atoms with Gasteiger partial charge in [0.1, 0.15) is 42.0 Å². The van der Waals surface area contributed by atoms with E-state index in [1.54, 1.807) is 0 Å². The molecular weight excluding hydrogens is 1480 g/mol. The Morgan fingerprint density at radius 3 is 1.49 bits per heavy atom. The van der Waals surface area contributed by atoms with Crippen LogP contribution in [0, 0.1) is 17.8 Å². The number of hydrogen-bond donors (Lipinski definition) is 9. The lowest BCUT2D eigenvalue weighted by Crippen LogP contribution is -2.28. The van der Waals surface area contributed by atoms with Gasteiger partial charge in [0.25, 0.3) is 0 Å². The van der Waals surface area contributed by atoms with Gasteiger partial charge in [-0.15, -0.1) is 34.0 Å². The summed E-state index contributed by atoms with van der Waals surface area (Å²) in [7, 11) is -12.2. The number of hydrogen-bond acceptors (Lipinski definition) is 28. The Morgan fingerprint density at radius 2 is 1.02 bits per heavy atom. The highest BCUT2D eigenvalue weighted by Gasteiger charge is 2.43. The third-order valence-corrected chi connectivity index (χ3v) is 23.6. The third kappa shape index (κ3) is 20.2. The molecule has 0 spiro atoms. The Bertz CT molecular complexity index is 4960. The number of aliphatic hydroxyl groups is 3. The number of allylic oxidation sites excluding steroid dienone is 1. The van der Waals surface area contributed by atoms with Crippen LogP contribution in [0.15, 0.2) is 150 Å². The lowest BCUT2D eigenvalue weighted by atomic mass is 9.79. The molecule has 0 bridgehead atoms. The van der Waals surface area contributed by atoms with Crippen molar-refractivity contribution in [2.75, 3.05) is 42.4 Å². The molecular formula is C71H81N13O16S6. The van der Waals surface area contributed by atoms with Gasteiger partial charge in [0, 0.05) is 79.3 Å². The number of aromatic nitrogens is 7. The second kappa shape index (κ2) is 34.4. The molecule has 4 aliphatic carbocycles. The number of carbonyl (C=O) groups excluding carboxylic acids is 3. The molecule has 0 radical (unpaired) electrons. The molecule has 0 amide bonds. The average molecular weight is 1560 g/mol. The fraction of sp³-hybridized carbons (Fsp3) is 0.394. The normalized spacial score (nSPS) is 23.1. The van der Waals surface area contributed by atoms with Gasteiger partial charge in [0.2, 0.25) is 17.3 Å². The Kier molecular flexibility index (Phi) is 25.2. The number of benzene rings is 2. The van der Waals surface area contributed by atoms with Gasteiger partial charge in [0.05, 0.1) is 69.5 Å². The van der Waals surface area contributed by atoms with Gasteiger partial charge in [-0.2, -0.15) is 25.3 Å². The highest BCUT2D eigenvalue weighted by Crippen LogP contribution is 2.47. The van der Waals surface area contributed by atoms with E-state index in [1.807, 2.05) is 83.0 Å². The minimum atomic E-state index is -4.08. The lowest BCUT2D eigenvalue weighted by molar-refractivity contribution is 0.0285. The molecule has 1 saturated heterocycles. The number of nitrogens with two attached hydrogens (primary N) is 3. The minimum absolute atomic E-state index is 0.183. The first-order valence-electron chi connectivity index (χ1n) is 34.3. The van der Waals surface area contributed by atoms with Gasteiger partial charge >= 0.3 is 30.9 Å². The maximum Gasteiger partial charge on any atom is 0.333 e. The van der Waals surface area contributed by atoms with E-state index in [9.17, 15) is 55.0 Å². The quantitative estimate of drug-likeness (QED) is 0.0176. The molecule has 12 N–H and O–H groups in total. The van der Waals surface area contributed by atoms with Crippen LogP contribution in [0.25, 0.3) is 10.9 Å². The highest BCUT2D eigenvalue weighted by atomic mass is 32.2. The summed E-state index contributed by atoms with van der Waals surface area (Å²) in [6, 6.07) is 25.3. The number of fused-ring (bicyclic) bond motifs is 1. The molecule has 29 nitrogen and oxygen atoms in total. The smallest absolute Gasteiger partial charge is 0.333 e. The zero-order chi connectivity index (χ0) is 74.8. The Morgan fingerprint density at radius 1 is 0.557 bits per heavy atom. The molecule has 7 aromatic heterocycles. The number of nitrogens with zero attached hydrogens (tertiary/aromatic N) is 7. The van der Waals surface area contributed by atoms with Crippen molar-refractivity contribution in [1.82, 2.24) is 34.5 Å². The van der Waals surface area contributed by atoms with Crippen molar-refractivity contribution in [2.45, 2.75) is 132 Å². The first-order valence-corrected chi connectivity index (χ1v) is 41.4. The predicted molar refractivity (Wildman–Crippen MR) is 399 cm³/mol. The van der Waals surface area contributed by atoms with E-state index in [0.29, 0.717) is 100 Å². The number of nitrogens with one attached hydrogen (secondary N) is 3. The van der Waals surface area contributed by atoms with Crippen molar-refractivity contribution >= 4 is 111 Å². The van der Waals surface area contributed by atoms with E-state index in [-0.39, 0.29) is 55.3 Å². The molecule has 8 heterocycles. The summed E-state index contributed by atoms with van der Waals surface area (Å²) in [6.07, 6.45) is 20.0. The van der Waals surface area contributed by atoms with Crippen LogP contribution in [0.4, 0.5) is 17.5 Å². The molecule has 106 heavy (non-hydrogen) atoms. The van der Waals surface area contributed by atoms with Crippen LogP contribution in [-0.4, -0.2) is 155 Å². The summed E-state index contributed by atoms with van der Waals surface area (Å²) < 4.78 is 88.9. The second-order valence-corrected chi connectivity index (χ2v) is 33.2. The Balaban J connectivity index is 0.000000149. The van der Waals surface area contributed by atoms with Gasteiger partial charge in [-0.05, 0) is 163 Å². The van der Waals surface area contributed by atoms with Crippen molar-refractivity contribution in [3.8, 4) is 0 Å². The second-order valence-electron chi connectivity index (χ2n) is 26.9. The van der Waals surface area contributed by atoms with Crippen LogP contribution in [0.1, 0.15) is 145 Å². The van der Waals surface area contributed by atoms with Crippen molar-refractivity contribution < 1.29 is 72.2 Å². The third-order valence-electron chi connectivity index (χ3n) is 19.4. The van der Waals surface area contributed by atoms with E-state index >= 15 is 0 Å². The maximum atomic E-state index is 13.6. The largest absolute Gasteiger partial charge is 0.393 e. The number of thiophene rings is 3. The van der Waals surface area contributed by atoms with Crippen molar-refractivity contribution in [3.63, 3.8) is 0 Å². The van der Waals surface area contributed by atoms with E-state index in [4.69, 9.17) is 20.2 Å². The Labute approximate surface area is 624 Å². The summed E-state index contributed by atoms with van der Waals surface area (Å²) in [5.74, 6) is -0.668. The molecule has 35 heteroatoms. The number of anilines is 3. The van der Waals surface area contributed by atoms with Crippen molar-refractivity contribution in [2.24, 2.45) is 33.2 Å². The first kappa shape index (κ1) is 77.5. The summed E-state index contributed by atoms with van der Waals surface area (Å²) in [6.45, 7) is 0.755. The van der Waals surface area contributed by atoms with E-state index in [1.165, 1.54) is 89.1 Å². The summed E-state index contributed by atoms with van der Waals surface area (Å²) in [5.41, 5.74) is 7.32. The zero-order valence-corrected chi connectivity index (χ0v) is 62.1. The molecule has 1 aliphatic heterocycles. The highest BCUT2D eigenvalue weighted by molar-refractivity contribution is 7.84. The monoisotopic (exact) mass is 1560 g/mol. The molecule has 2 aromatic carbocycles. The number of ether oxygens (including phenoxy) is 1. The predicted octanol–water partition coefficient (Wildman–Crippen LogP) is 7.72. The maximum absolute atomic E-state index is 13.6.